The molecule has 2 aromatic carbocycles. The summed E-state index contributed by atoms with van der Waals surface area (Å²) in [5.74, 6) is 0.613. The van der Waals surface area contributed by atoms with Gasteiger partial charge in [0.05, 0.1) is 12.3 Å². The first-order valence-corrected chi connectivity index (χ1v) is 9.58. The second-order valence-corrected chi connectivity index (χ2v) is 7.53. The van der Waals surface area contributed by atoms with Crippen molar-refractivity contribution in [2.75, 3.05) is 6.61 Å². The van der Waals surface area contributed by atoms with Crippen LogP contribution >= 0.6 is 0 Å². The Balaban J connectivity index is 1.49. The predicted molar refractivity (Wildman–Crippen MR) is 110 cm³/mol. The molecule has 0 saturated carbocycles. The van der Waals surface area contributed by atoms with Gasteiger partial charge in [0.15, 0.2) is 5.79 Å². The standard InChI is InChI=1S/C24H23NO4/c1-16-7-11-18(12-8-16)28-19-13-9-17(10-14-19)20-5-4-6-21(25-20)23(26)22-15-27-24(2,3)29-22/h4-14,22H,15H2,1-3H3. The highest BCUT2D eigenvalue weighted by Gasteiger charge is 2.37. The van der Waals surface area contributed by atoms with Crippen molar-refractivity contribution in [1.82, 2.24) is 4.98 Å². The molecule has 3 aromatic rings. The summed E-state index contributed by atoms with van der Waals surface area (Å²) in [7, 11) is 0. The fourth-order valence-corrected chi connectivity index (χ4v) is 3.15. The molecule has 5 nitrogen and oxygen atoms in total. The molecule has 148 valence electrons. The van der Waals surface area contributed by atoms with Crippen molar-refractivity contribution in [2.24, 2.45) is 0 Å². The third-order valence-electron chi connectivity index (χ3n) is 4.71. The van der Waals surface area contributed by atoms with E-state index in [-0.39, 0.29) is 12.4 Å². The maximum Gasteiger partial charge on any atom is 0.212 e. The molecule has 29 heavy (non-hydrogen) atoms. The molecule has 4 rings (SSSR count). The first-order valence-electron chi connectivity index (χ1n) is 9.58. The first kappa shape index (κ1) is 19.3. The molecule has 0 amide bonds. The van der Waals surface area contributed by atoms with E-state index in [1.807, 2.05) is 67.6 Å². The summed E-state index contributed by atoms with van der Waals surface area (Å²) < 4.78 is 17.0. The summed E-state index contributed by atoms with van der Waals surface area (Å²) in [6.45, 7) is 5.87. The third kappa shape index (κ3) is 4.53. The van der Waals surface area contributed by atoms with Crippen molar-refractivity contribution in [3.8, 4) is 22.8 Å². The molecule has 1 atom stereocenters. The van der Waals surface area contributed by atoms with Crippen LogP contribution in [0.2, 0.25) is 0 Å². The Morgan fingerprint density at radius 1 is 1.00 bits per heavy atom. The van der Waals surface area contributed by atoms with E-state index < -0.39 is 11.9 Å². The Hall–Kier alpha value is -3.02. The number of pyridine rings is 1. The van der Waals surface area contributed by atoms with Crippen LogP contribution in [0.15, 0.2) is 66.7 Å². The van der Waals surface area contributed by atoms with Crippen LogP contribution in [-0.2, 0) is 9.47 Å². The number of carbonyl (C=O) groups is 1. The molecule has 5 heteroatoms. The zero-order chi connectivity index (χ0) is 20.4. The average Bonchev–Trinajstić information content (AvgIpc) is 3.09. The molecule has 0 N–H and O–H groups in total. The fraction of sp³-hybridized carbons (Fsp3) is 0.250. The maximum absolute atomic E-state index is 12.7. The number of nitrogens with zero attached hydrogens (tertiary/aromatic N) is 1. The van der Waals surface area contributed by atoms with Gasteiger partial charge in [0, 0.05) is 5.56 Å². The molecule has 0 aliphatic carbocycles. The number of carbonyl (C=O) groups excluding carboxylic acids is 1. The largest absolute Gasteiger partial charge is 0.457 e. The van der Waals surface area contributed by atoms with E-state index in [0.717, 1.165) is 22.8 Å². The molecular weight excluding hydrogens is 366 g/mol. The van der Waals surface area contributed by atoms with Gasteiger partial charge in [-0.15, -0.1) is 0 Å². The average molecular weight is 389 g/mol. The number of Topliss-reactive ketones (excluding diaryl/α,β-unsaturated/α-hetero) is 1. The Labute approximate surface area is 170 Å². The van der Waals surface area contributed by atoms with Crippen molar-refractivity contribution in [3.05, 3.63) is 78.0 Å². The number of rotatable bonds is 5. The van der Waals surface area contributed by atoms with Gasteiger partial charge in [-0.3, -0.25) is 4.79 Å². The number of aryl methyl sites for hydroxylation is 1. The molecule has 1 aliphatic heterocycles. The van der Waals surface area contributed by atoms with Gasteiger partial charge in [-0.2, -0.15) is 0 Å². The van der Waals surface area contributed by atoms with E-state index in [1.54, 1.807) is 19.9 Å². The lowest BCUT2D eigenvalue weighted by atomic mass is 10.1. The molecule has 1 saturated heterocycles. The van der Waals surface area contributed by atoms with Crippen LogP contribution in [0.5, 0.6) is 11.5 Å². The first-order chi connectivity index (χ1) is 13.9. The number of hydrogen-bond donors (Lipinski definition) is 0. The number of ether oxygens (including phenoxy) is 3. The predicted octanol–water partition coefficient (Wildman–Crippen LogP) is 5.18. The highest BCUT2D eigenvalue weighted by Crippen LogP contribution is 2.27. The van der Waals surface area contributed by atoms with Gasteiger partial charge < -0.3 is 14.2 Å². The lowest BCUT2D eigenvalue weighted by molar-refractivity contribution is -0.133. The lowest BCUT2D eigenvalue weighted by Gasteiger charge is -2.16. The van der Waals surface area contributed by atoms with Crippen LogP contribution in [0.25, 0.3) is 11.3 Å². The van der Waals surface area contributed by atoms with E-state index in [4.69, 9.17) is 14.2 Å². The van der Waals surface area contributed by atoms with Crippen molar-refractivity contribution in [1.29, 1.82) is 0 Å². The molecule has 1 aliphatic rings. The fourth-order valence-electron chi connectivity index (χ4n) is 3.15. The van der Waals surface area contributed by atoms with Gasteiger partial charge in [0.25, 0.3) is 0 Å². The highest BCUT2D eigenvalue weighted by molar-refractivity contribution is 5.98. The Morgan fingerprint density at radius 3 is 2.28 bits per heavy atom. The quantitative estimate of drug-likeness (QED) is 0.563. The molecule has 1 unspecified atom stereocenters. The Morgan fingerprint density at radius 2 is 1.66 bits per heavy atom. The van der Waals surface area contributed by atoms with Crippen molar-refractivity contribution >= 4 is 5.78 Å². The van der Waals surface area contributed by atoms with Gasteiger partial charge >= 0.3 is 0 Å². The number of hydrogen-bond acceptors (Lipinski definition) is 5. The van der Waals surface area contributed by atoms with Gasteiger partial charge in [-0.25, -0.2) is 4.98 Å². The zero-order valence-electron chi connectivity index (χ0n) is 16.7. The topological polar surface area (TPSA) is 57.7 Å². The molecular formula is C24H23NO4. The summed E-state index contributed by atoms with van der Waals surface area (Å²) in [5, 5.41) is 0. The third-order valence-corrected chi connectivity index (χ3v) is 4.71. The Bertz CT molecular complexity index is 1010. The molecule has 0 spiro atoms. The zero-order valence-corrected chi connectivity index (χ0v) is 16.7. The van der Waals surface area contributed by atoms with Gasteiger partial charge in [-0.1, -0.05) is 23.8 Å². The van der Waals surface area contributed by atoms with Gasteiger partial charge in [-0.05, 0) is 69.3 Å². The Kier molecular flexibility index (Phi) is 5.18. The van der Waals surface area contributed by atoms with Crippen LogP contribution in [0, 0.1) is 6.92 Å². The van der Waals surface area contributed by atoms with E-state index in [1.165, 1.54) is 5.56 Å². The minimum Gasteiger partial charge on any atom is -0.457 e. The van der Waals surface area contributed by atoms with Crippen LogP contribution in [0.1, 0.15) is 29.9 Å². The number of benzene rings is 2. The smallest absolute Gasteiger partial charge is 0.212 e. The monoisotopic (exact) mass is 389 g/mol. The van der Waals surface area contributed by atoms with Gasteiger partial charge in [0.1, 0.15) is 23.3 Å². The lowest BCUT2D eigenvalue weighted by Crippen LogP contribution is -2.27. The summed E-state index contributed by atoms with van der Waals surface area (Å²) in [4.78, 5) is 17.2. The van der Waals surface area contributed by atoms with Crippen LogP contribution in [0.3, 0.4) is 0 Å². The molecule has 2 heterocycles. The normalized spacial score (nSPS) is 17.8. The summed E-state index contributed by atoms with van der Waals surface area (Å²) in [6, 6.07) is 20.9. The second kappa shape index (κ2) is 7.78. The maximum atomic E-state index is 12.7. The van der Waals surface area contributed by atoms with Crippen molar-refractivity contribution in [3.63, 3.8) is 0 Å². The number of ketones is 1. The van der Waals surface area contributed by atoms with E-state index in [0.29, 0.717) is 5.69 Å². The highest BCUT2D eigenvalue weighted by atomic mass is 16.7. The van der Waals surface area contributed by atoms with E-state index in [2.05, 4.69) is 4.98 Å². The van der Waals surface area contributed by atoms with Crippen LogP contribution in [0.4, 0.5) is 0 Å². The van der Waals surface area contributed by atoms with E-state index in [9.17, 15) is 4.79 Å². The minimum absolute atomic E-state index is 0.170. The summed E-state index contributed by atoms with van der Waals surface area (Å²) in [5.41, 5.74) is 3.18. The number of aromatic nitrogens is 1. The summed E-state index contributed by atoms with van der Waals surface area (Å²) >= 11 is 0. The van der Waals surface area contributed by atoms with Crippen molar-refractivity contribution < 1.29 is 19.0 Å². The molecule has 1 aromatic heterocycles. The summed E-state index contributed by atoms with van der Waals surface area (Å²) in [6.07, 6.45) is -0.627. The second-order valence-electron chi connectivity index (χ2n) is 7.53. The van der Waals surface area contributed by atoms with E-state index >= 15 is 0 Å². The van der Waals surface area contributed by atoms with Gasteiger partial charge in [0.2, 0.25) is 5.78 Å². The van der Waals surface area contributed by atoms with Crippen molar-refractivity contribution in [2.45, 2.75) is 32.7 Å². The molecule has 0 radical (unpaired) electrons. The SMILES string of the molecule is Cc1ccc(Oc2ccc(-c3cccc(C(=O)C4COC(C)(C)O4)n3)cc2)cc1. The van der Waals surface area contributed by atoms with Crippen LogP contribution < -0.4 is 4.74 Å². The van der Waals surface area contributed by atoms with Crippen LogP contribution in [-0.4, -0.2) is 29.3 Å². The minimum atomic E-state index is -0.745. The molecule has 0 bridgehead atoms. The molecule has 1 fully saturated rings.